The Balaban J connectivity index is 2.09. The highest BCUT2D eigenvalue weighted by molar-refractivity contribution is 8.01. The first-order chi connectivity index (χ1) is 9.88. The summed E-state index contributed by atoms with van der Waals surface area (Å²) in [4.78, 5) is 35.7. The molecule has 21 heavy (non-hydrogen) atoms. The molecule has 2 amide bonds. The van der Waals surface area contributed by atoms with Crippen LogP contribution in [0.5, 0.6) is 0 Å². The zero-order chi connectivity index (χ0) is 15.6. The van der Waals surface area contributed by atoms with E-state index in [9.17, 15) is 14.4 Å². The van der Waals surface area contributed by atoms with Crippen LogP contribution in [0.25, 0.3) is 0 Å². The summed E-state index contributed by atoms with van der Waals surface area (Å²) in [5.41, 5.74) is 0. The lowest BCUT2D eigenvalue weighted by Gasteiger charge is -2.09. The van der Waals surface area contributed by atoms with E-state index >= 15 is 0 Å². The van der Waals surface area contributed by atoms with Crippen LogP contribution in [0.1, 0.15) is 25.3 Å². The van der Waals surface area contributed by atoms with Gasteiger partial charge in [0.25, 0.3) is 0 Å². The van der Waals surface area contributed by atoms with Gasteiger partial charge in [0, 0.05) is 12.8 Å². The smallest absolute Gasteiger partial charge is 0.313 e. The fraction of sp³-hybridized carbons (Fsp3) is 0.583. The van der Waals surface area contributed by atoms with Gasteiger partial charge in [-0.05, 0) is 5.92 Å². The van der Waals surface area contributed by atoms with Crippen LogP contribution in [0.15, 0.2) is 0 Å². The topological polar surface area (TPSA) is 100 Å². The summed E-state index contributed by atoms with van der Waals surface area (Å²) in [6, 6.07) is 0. The van der Waals surface area contributed by atoms with E-state index in [2.05, 4.69) is 10.2 Å². The predicted octanol–water partition coefficient (Wildman–Crippen LogP) is 1.19. The molecule has 1 unspecified atom stereocenters. The van der Waals surface area contributed by atoms with Crippen LogP contribution in [0, 0.1) is 5.92 Å². The molecule has 1 aromatic heterocycles. The van der Waals surface area contributed by atoms with Crippen LogP contribution in [0.2, 0.25) is 0 Å². The van der Waals surface area contributed by atoms with Crippen LogP contribution in [-0.4, -0.2) is 44.1 Å². The Bertz CT molecular complexity index is 573. The molecule has 1 aromatic rings. The number of carboxylic acid groups (broad SMARTS) is 1. The van der Waals surface area contributed by atoms with Gasteiger partial charge in [-0.2, -0.15) is 0 Å². The van der Waals surface area contributed by atoms with E-state index in [1.165, 1.54) is 11.3 Å². The molecule has 0 aliphatic carbocycles. The third kappa shape index (κ3) is 3.79. The second-order valence-corrected chi connectivity index (χ2v) is 7.27. The van der Waals surface area contributed by atoms with Gasteiger partial charge in [-0.3, -0.25) is 14.4 Å². The molecular formula is C12H15N3O4S2. The first-order valence-electron chi connectivity index (χ1n) is 6.41. The van der Waals surface area contributed by atoms with Gasteiger partial charge in [0.05, 0.1) is 11.0 Å². The molecule has 2 rings (SSSR count). The van der Waals surface area contributed by atoms with Crippen molar-refractivity contribution in [3.63, 3.8) is 0 Å². The third-order valence-electron chi connectivity index (χ3n) is 2.74. The summed E-state index contributed by atoms with van der Waals surface area (Å²) in [6.45, 7) is 4.09. The van der Waals surface area contributed by atoms with Crippen molar-refractivity contribution in [2.45, 2.75) is 31.9 Å². The van der Waals surface area contributed by atoms with Gasteiger partial charge >= 0.3 is 5.97 Å². The minimum Gasteiger partial charge on any atom is -0.481 e. The molecule has 1 fully saturated rings. The van der Waals surface area contributed by atoms with Crippen molar-refractivity contribution in [2.75, 3.05) is 10.7 Å². The highest BCUT2D eigenvalue weighted by Gasteiger charge is 2.41. The zero-order valence-electron chi connectivity index (χ0n) is 11.6. The van der Waals surface area contributed by atoms with E-state index in [0.717, 1.165) is 28.1 Å². The minimum atomic E-state index is -1.01. The first kappa shape index (κ1) is 15.9. The summed E-state index contributed by atoms with van der Waals surface area (Å²) < 4.78 is 0. The number of anilines is 1. The van der Waals surface area contributed by atoms with Crippen molar-refractivity contribution in [1.82, 2.24) is 10.2 Å². The Morgan fingerprint density at radius 1 is 1.48 bits per heavy atom. The Hall–Kier alpha value is -1.48. The number of hydrogen-bond acceptors (Lipinski definition) is 7. The molecule has 1 aliphatic heterocycles. The second kappa shape index (κ2) is 6.52. The van der Waals surface area contributed by atoms with Crippen LogP contribution < -0.4 is 4.90 Å². The summed E-state index contributed by atoms with van der Waals surface area (Å²) in [5, 5.41) is 17.0. The standard InChI is InChI=1S/C12H15N3O4S2/c1-6(2)3-8-13-14-12(21-8)15-9(16)4-7(11(15)19)20-5-10(17)18/h6-7H,3-5H2,1-2H3,(H,17,18). The van der Waals surface area contributed by atoms with Gasteiger partial charge in [-0.1, -0.05) is 25.2 Å². The maximum Gasteiger partial charge on any atom is 0.313 e. The number of aromatic nitrogens is 2. The van der Waals surface area contributed by atoms with Crippen LogP contribution in [0.3, 0.4) is 0 Å². The van der Waals surface area contributed by atoms with Crippen molar-refractivity contribution >= 4 is 46.0 Å². The van der Waals surface area contributed by atoms with Crippen LogP contribution >= 0.6 is 23.1 Å². The molecular weight excluding hydrogens is 314 g/mol. The van der Waals surface area contributed by atoms with Gasteiger partial charge in [0.2, 0.25) is 16.9 Å². The lowest BCUT2D eigenvalue weighted by molar-refractivity contribution is -0.134. The Morgan fingerprint density at radius 2 is 2.19 bits per heavy atom. The normalized spacial score (nSPS) is 18.8. The fourth-order valence-corrected chi connectivity index (χ4v) is 3.80. The Kier molecular flexibility index (Phi) is 4.94. The van der Waals surface area contributed by atoms with Gasteiger partial charge in [0.1, 0.15) is 5.01 Å². The summed E-state index contributed by atoms with van der Waals surface area (Å²) in [7, 11) is 0. The van der Waals surface area contributed by atoms with E-state index in [0.29, 0.717) is 5.92 Å². The third-order valence-corrected chi connectivity index (χ3v) is 4.86. The highest BCUT2D eigenvalue weighted by atomic mass is 32.2. The molecule has 114 valence electrons. The van der Waals surface area contributed by atoms with Crippen LogP contribution in [0.4, 0.5) is 5.13 Å². The molecule has 2 heterocycles. The molecule has 0 spiro atoms. The number of thioether (sulfide) groups is 1. The largest absolute Gasteiger partial charge is 0.481 e. The number of imide groups is 1. The maximum absolute atomic E-state index is 12.2. The first-order valence-corrected chi connectivity index (χ1v) is 8.27. The number of carbonyl (C=O) groups is 3. The lowest BCUT2D eigenvalue weighted by atomic mass is 10.1. The number of amides is 2. The van der Waals surface area contributed by atoms with Crippen molar-refractivity contribution in [3.05, 3.63) is 5.01 Å². The van der Waals surface area contributed by atoms with Crippen molar-refractivity contribution in [1.29, 1.82) is 0 Å². The van der Waals surface area contributed by atoms with E-state index in [1.54, 1.807) is 0 Å². The number of nitrogens with zero attached hydrogens (tertiary/aromatic N) is 3. The summed E-state index contributed by atoms with van der Waals surface area (Å²) in [6.07, 6.45) is 0.751. The van der Waals surface area contributed by atoms with Crippen molar-refractivity contribution < 1.29 is 19.5 Å². The average Bonchev–Trinajstić information content (AvgIpc) is 2.91. The predicted molar refractivity (Wildman–Crippen MR) is 79.4 cm³/mol. The van der Waals surface area contributed by atoms with Gasteiger partial charge in [-0.15, -0.1) is 22.0 Å². The van der Waals surface area contributed by atoms with E-state index in [4.69, 9.17) is 5.11 Å². The summed E-state index contributed by atoms with van der Waals surface area (Å²) in [5.74, 6) is -1.55. The molecule has 1 N–H and O–H groups in total. The number of carboxylic acids is 1. The zero-order valence-corrected chi connectivity index (χ0v) is 13.2. The second-order valence-electron chi connectivity index (χ2n) is 5.04. The summed E-state index contributed by atoms with van der Waals surface area (Å²) >= 11 is 2.19. The number of rotatable bonds is 6. The van der Waals surface area contributed by atoms with Gasteiger partial charge < -0.3 is 5.11 Å². The molecule has 1 atom stereocenters. The quantitative estimate of drug-likeness (QED) is 0.782. The average molecular weight is 329 g/mol. The van der Waals surface area contributed by atoms with E-state index in [-0.39, 0.29) is 23.2 Å². The van der Waals surface area contributed by atoms with Crippen molar-refractivity contribution in [3.8, 4) is 0 Å². The monoisotopic (exact) mass is 329 g/mol. The van der Waals surface area contributed by atoms with E-state index in [1.807, 2.05) is 13.8 Å². The number of aliphatic carboxylic acids is 1. The number of carbonyl (C=O) groups excluding carboxylic acids is 2. The van der Waals surface area contributed by atoms with Crippen LogP contribution in [-0.2, 0) is 20.8 Å². The number of hydrogen-bond donors (Lipinski definition) is 1. The SMILES string of the molecule is CC(C)Cc1nnc(N2C(=O)CC(SCC(=O)O)C2=O)s1. The molecule has 0 aromatic carbocycles. The Morgan fingerprint density at radius 3 is 2.81 bits per heavy atom. The molecule has 1 aliphatic rings. The fourth-order valence-electron chi connectivity index (χ4n) is 1.87. The molecule has 0 saturated carbocycles. The molecule has 1 saturated heterocycles. The van der Waals surface area contributed by atoms with Crippen molar-refractivity contribution in [2.24, 2.45) is 5.92 Å². The molecule has 7 nitrogen and oxygen atoms in total. The Labute approximate surface area is 129 Å². The minimum absolute atomic E-state index is 0.00980. The highest BCUT2D eigenvalue weighted by Crippen LogP contribution is 2.31. The van der Waals surface area contributed by atoms with E-state index < -0.39 is 17.1 Å². The lowest BCUT2D eigenvalue weighted by Crippen LogP contribution is -2.31. The molecule has 0 bridgehead atoms. The van der Waals surface area contributed by atoms with Gasteiger partial charge in [0.15, 0.2) is 0 Å². The van der Waals surface area contributed by atoms with Gasteiger partial charge in [-0.25, -0.2) is 4.90 Å². The molecule has 9 heteroatoms. The maximum atomic E-state index is 12.2. The molecule has 0 radical (unpaired) electrons.